The Kier molecular flexibility index (Phi) is 6.41. The standard InChI is InChI=1S/C19H27N5O3/c1-14(12-20-2)19(25)24-10-8-23(9-11-24)13-17-21-18(22-27-17)15-4-6-16(26-3)7-5-15/h4-7,14,20H,8-13H2,1-3H3. The fraction of sp³-hybridized carbons (Fsp3) is 0.526. The van der Waals surface area contributed by atoms with Gasteiger partial charge in [-0.1, -0.05) is 12.1 Å². The van der Waals surface area contributed by atoms with Crippen LogP contribution in [-0.4, -0.2) is 72.7 Å². The number of carbonyl (C=O) groups excluding carboxylic acids is 1. The third-order valence-corrected chi connectivity index (χ3v) is 4.79. The molecule has 1 unspecified atom stereocenters. The molecule has 3 rings (SSSR count). The first-order chi connectivity index (χ1) is 13.1. The van der Waals surface area contributed by atoms with Crippen LogP contribution >= 0.6 is 0 Å². The molecule has 1 fully saturated rings. The third-order valence-electron chi connectivity index (χ3n) is 4.79. The summed E-state index contributed by atoms with van der Waals surface area (Å²) < 4.78 is 10.6. The van der Waals surface area contributed by atoms with Crippen molar-refractivity contribution in [2.24, 2.45) is 5.92 Å². The smallest absolute Gasteiger partial charge is 0.241 e. The minimum absolute atomic E-state index is 0.00421. The molecular formula is C19H27N5O3. The Bertz CT molecular complexity index is 738. The molecule has 1 aromatic carbocycles. The molecule has 1 aliphatic heterocycles. The fourth-order valence-corrected chi connectivity index (χ4v) is 3.20. The van der Waals surface area contributed by atoms with Crippen molar-refractivity contribution in [2.45, 2.75) is 13.5 Å². The molecule has 1 atom stereocenters. The van der Waals surface area contributed by atoms with Crippen molar-refractivity contribution in [3.8, 4) is 17.1 Å². The van der Waals surface area contributed by atoms with Crippen LogP contribution in [0.2, 0.25) is 0 Å². The number of methoxy groups -OCH3 is 1. The van der Waals surface area contributed by atoms with Gasteiger partial charge in [-0.2, -0.15) is 4.98 Å². The second-order valence-corrected chi connectivity index (χ2v) is 6.80. The monoisotopic (exact) mass is 373 g/mol. The average Bonchev–Trinajstić information content (AvgIpc) is 3.17. The second-order valence-electron chi connectivity index (χ2n) is 6.80. The SMILES string of the molecule is CNCC(C)C(=O)N1CCN(Cc2nc(-c3ccc(OC)cc3)no2)CC1. The predicted octanol–water partition coefficient (Wildman–Crippen LogP) is 1.24. The highest BCUT2D eigenvalue weighted by atomic mass is 16.5. The van der Waals surface area contributed by atoms with Gasteiger partial charge in [-0.15, -0.1) is 0 Å². The van der Waals surface area contributed by atoms with E-state index in [0.717, 1.165) is 37.5 Å². The average molecular weight is 373 g/mol. The molecule has 0 bridgehead atoms. The Morgan fingerprint density at radius 3 is 2.59 bits per heavy atom. The first kappa shape index (κ1) is 19.3. The van der Waals surface area contributed by atoms with E-state index in [1.54, 1.807) is 7.11 Å². The number of hydrogen-bond acceptors (Lipinski definition) is 7. The molecule has 0 aliphatic carbocycles. The number of rotatable bonds is 7. The molecule has 0 spiro atoms. The summed E-state index contributed by atoms with van der Waals surface area (Å²) in [6, 6.07) is 7.56. The van der Waals surface area contributed by atoms with Gasteiger partial charge in [0, 0.05) is 44.2 Å². The lowest BCUT2D eigenvalue weighted by Crippen LogP contribution is -2.50. The van der Waals surface area contributed by atoms with Gasteiger partial charge in [-0.05, 0) is 31.3 Å². The zero-order valence-electron chi connectivity index (χ0n) is 16.1. The van der Waals surface area contributed by atoms with Gasteiger partial charge in [0.15, 0.2) is 0 Å². The Morgan fingerprint density at radius 1 is 1.26 bits per heavy atom. The molecule has 1 amide bonds. The summed E-state index contributed by atoms with van der Waals surface area (Å²) in [5, 5.41) is 7.13. The predicted molar refractivity (Wildman–Crippen MR) is 101 cm³/mol. The lowest BCUT2D eigenvalue weighted by Gasteiger charge is -2.35. The number of nitrogens with zero attached hydrogens (tertiary/aromatic N) is 4. The number of benzene rings is 1. The van der Waals surface area contributed by atoms with E-state index in [1.165, 1.54) is 0 Å². The summed E-state index contributed by atoms with van der Waals surface area (Å²) in [7, 11) is 3.50. The summed E-state index contributed by atoms with van der Waals surface area (Å²) in [6.07, 6.45) is 0. The number of piperazine rings is 1. The van der Waals surface area contributed by atoms with Gasteiger partial charge in [-0.3, -0.25) is 9.69 Å². The molecule has 1 N–H and O–H groups in total. The third kappa shape index (κ3) is 4.84. The van der Waals surface area contributed by atoms with Gasteiger partial charge in [0.25, 0.3) is 0 Å². The van der Waals surface area contributed by atoms with Gasteiger partial charge >= 0.3 is 0 Å². The van der Waals surface area contributed by atoms with Gasteiger partial charge in [0.2, 0.25) is 17.6 Å². The maximum atomic E-state index is 12.4. The van der Waals surface area contributed by atoms with Crippen LogP contribution in [0.25, 0.3) is 11.4 Å². The summed E-state index contributed by atoms with van der Waals surface area (Å²) in [6.45, 7) is 6.33. The minimum atomic E-state index is 0.00421. The van der Waals surface area contributed by atoms with Crippen molar-refractivity contribution < 1.29 is 14.1 Å². The molecule has 8 heteroatoms. The van der Waals surface area contributed by atoms with Gasteiger partial charge in [0.05, 0.1) is 13.7 Å². The molecule has 0 saturated carbocycles. The van der Waals surface area contributed by atoms with Crippen LogP contribution in [0.15, 0.2) is 28.8 Å². The van der Waals surface area contributed by atoms with Crippen molar-refractivity contribution >= 4 is 5.91 Å². The van der Waals surface area contributed by atoms with Gasteiger partial charge in [-0.25, -0.2) is 0 Å². The minimum Gasteiger partial charge on any atom is -0.497 e. The number of amides is 1. The molecule has 1 aliphatic rings. The van der Waals surface area contributed by atoms with Crippen LogP contribution in [0.1, 0.15) is 12.8 Å². The van der Waals surface area contributed by atoms with E-state index in [9.17, 15) is 4.79 Å². The van der Waals surface area contributed by atoms with Gasteiger partial charge < -0.3 is 19.5 Å². The number of carbonyl (C=O) groups is 1. The summed E-state index contributed by atoms with van der Waals surface area (Å²) in [5.74, 6) is 2.17. The van der Waals surface area contributed by atoms with Crippen LogP contribution < -0.4 is 10.1 Å². The first-order valence-electron chi connectivity index (χ1n) is 9.23. The lowest BCUT2D eigenvalue weighted by molar-refractivity contribution is -0.136. The van der Waals surface area contributed by atoms with Crippen LogP contribution in [-0.2, 0) is 11.3 Å². The highest BCUT2D eigenvalue weighted by Crippen LogP contribution is 2.20. The summed E-state index contributed by atoms with van der Waals surface area (Å²) >= 11 is 0. The molecule has 2 heterocycles. The maximum absolute atomic E-state index is 12.4. The molecule has 1 saturated heterocycles. The van der Waals surface area contributed by atoms with E-state index < -0.39 is 0 Å². The van der Waals surface area contributed by atoms with Crippen LogP contribution in [0, 0.1) is 5.92 Å². The summed E-state index contributed by atoms with van der Waals surface area (Å²) in [5.41, 5.74) is 0.889. The van der Waals surface area contributed by atoms with E-state index >= 15 is 0 Å². The molecule has 2 aromatic rings. The van der Waals surface area contributed by atoms with E-state index in [-0.39, 0.29) is 11.8 Å². The van der Waals surface area contributed by atoms with E-state index in [1.807, 2.05) is 43.1 Å². The zero-order chi connectivity index (χ0) is 19.2. The quantitative estimate of drug-likeness (QED) is 0.782. The van der Waals surface area contributed by atoms with Crippen molar-refractivity contribution in [2.75, 3.05) is 46.9 Å². The maximum Gasteiger partial charge on any atom is 0.241 e. The van der Waals surface area contributed by atoms with Crippen LogP contribution in [0.3, 0.4) is 0 Å². The van der Waals surface area contributed by atoms with E-state index in [2.05, 4.69) is 20.4 Å². The Morgan fingerprint density at radius 2 is 1.96 bits per heavy atom. The van der Waals surface area contributed by atoms with Crippen molar-refractivity contribution in [1.29, 1.82) is 0 Å². The topological polar surface area (TPSA) is 83.7 Å². The van der Waals surface area contributed by atoms with Crippen LogP contribution in [0.4, 0.5) is 0 Å². The number of aromatic nitrogens is 2. The zero-order valence-corrected chi connectivity index (χ0v) is 16.1. The molecule has 0 radical (unpaired) electrons. The molecule has 1 aromatic heterocycles. The number of hydrogen-bond donors (Lipinski definition) is 1. The van der Waals surface area contributed by atoms with Crippen molar-refractivity contribution in [3.05, 3.63) is 30.2 Å². The molecule has 146 valence electrons. The Balaban J connectivity index is 1.52. The lowest BCUT2D eigenvalue weighted by atomic mass is 10.1. The largest absolute Gasteiger partial charge is 0.497 e. The number of ether oxygens (including phenoxy) is 1. The second kappa shape index (κ2) is 8.96. The Labute approximate surface area is 159 Å². The summed E-state index contributed by atoms with van der Waals surface area (Å²) in [4.78, 5) is 21.0. The van der Waals surface area contributed by atoms with Crippen molar-refractivity contribution in [3.63, 3.8) is 0 Å². The molecular weight excluding hydrogens is 346 g/mol. The Hall–Kier alpha value is -2.45. The highest BCUT2D eigenvalue weighted by molar-refractivity contribution is 5.78. The number of nitrogens with one attached hydrogen (secondary N) is 1. The van der Waals surface area contributed by atoms with Gasteiger partial charge in [0.1, 0.15) is 5.75 Å². The van der Waals surface area contributed by atoms with Crippen LogP contribution in [0.5, 0.6) is 5.75 Å². The normalized spacial score (nSPS) is 16.3. The fourth-order valence-electron chi connectivity index (χ4n) is 3.20. The van der Waals surface area contributed by atoms with E-state index in [0.29, 0.717) is 24.8 Å². The highest BCUT2D eigenvalue weighted by Gasteiger charge is 2.25. The van der Waals surface area contributed by atoms with E-state index in [4.69, 9.17) is 9.26 Å². The molecule has 8 nitrogen and oxygen atoms in total. The first-order valence-corrected chi connectivity index (χ1v) is 9.23. The van der Waals surface area contributed by atoms with Crippen molar-refractivity contribution in [1.82, 2.24) is 25.3 Å². The molecule has 27 heavy (non-hydrogen) atoms.